The number of nitrogens with zero attached hydrogens (tertiary/aromatic N) is 5. The van der Waals surface area contributed by atoms with Crippen molar-refractivity contribution in [2.45, 2.75) is 25.9 Å². The Balaban J connectivity index is 1.41. The van der Waals surface area contributed by atoms with E-state index in [2.05, 4.69) is 10.3 Å². The third kappa shape index (κ3) is 3.89. The van der Waals surface area contributed by atoms with Crippen LogP contribution in [0.4, 0.5) is 4.39 Å². The monoisotopic (exact) mass is 387 g/mol. The molecule has 0 aliphatic carbocycles. The lowest BCUT2D eigenvalue weighted by molar-refractivity contribution is -0.135. The van der Waals surface area contributed by atoms with E-state index in [1.165, 1.54) is 18.2 Å². The minimum atomic E-state index is -0.433. The highest BCUT2D eigenvalue weighted by Crippen LogP contribution is 2.19. The predicted octanol–water partition coefficient (Wildman–Crippen LogP) is 0.865. The molecule has 1 aromatic heterocycles. The fraction of sp³-hybridized carbons (Fsp3) is 0.474. The second-order valence-corrected chi connectivity index (χ2v) is 6.94. The van der Waals surface area contributed by atoms with E-state index in [9.17, 15) is 14.0 Å². The van der Waals surface area contributed by atoms with Crippen LogP contribution in [0.15, 0.2) is 24.3 Å². The molecular weight excluding hydrogens is 365 g/mol. The largest absolute Gasteiger partial charge is 0.378 e. The fourth-order valence-electron chi connectivity index (χ4n) is 3.56. The van der Waals surface area contributed by atoms with Crippen molar-refractivity contribution in [1.82, 2.24) is 24.8 Å². The van der Waals surface area contributed by atoms with E-state index in [0.29, 0.717) is 64.3 Å². The molecule has 1 fully saturated rings. The summed E-state index contributed by atoms with van der Waals surface area (Å²) in [5.41, 5.74) is 1.90. The minimum absolute atomic E-state index is 0.0774. The number of hydrogen-bond acceptors (Lipinski definition) is 5. The maximum atomic E-state index is 13.4. The Kier molecular flexibility index (Phi) is 5.34. The first-order valence-electron chi connectivity index (χ1n) is 9.43. The molecule has 1 aromatic carbocycles. The van der Waals surface area contributed by atoms with Crippen LogP contribution < -0.4 is 0 Å². The number of fused-ring (bicyclic) bond motifs is 1. The van der Waals surface area contributed by atoms with Crippen molar-refractivity contribution in [3.63, 3.8) is 0 Å². The van der Waals surface area contributed by atoms with E-state index in [-0.39, 0.29) is 11.8 Å². The Morgan fingerprint density at radius 3 is 2.71 bits per heavy atom. The SMILES string of the molecule is O=C(CCc1nnn2c1CN(C(=O)c1cccc(F)c1)CC2)N1CCOCC1. The van der Waals surface area contributed by atoms with Crippen molar-refractivity contribution in [1.29, 1.82) is 0 Å². The molecule has 4 rings (SSSR count). The van der Waals surface area contributed by atoms with Crippen LogP contribution in [0, 0.1) is 5.82 Å². The van der Waals surface area contributed by atoms with Crippen LogP contribution in [0.25, 0.3) is 0 Å². The van der Waals surface area contributed by atoms with Crippen LogP contribution in [-0.2, 0) is 29.0 Å². The number of hydrogen-bond donors (Lipinski definition) is 0. The van der Waals surface area contributed by atoms with Gasteiger partial charge in [-0.25, -0.2) is 9.07 Å². The lowest BCUT2D eigenvalue weighted by Crippen LogP contribution is -2.41. The normalized spacial score (nSPS) is 16.8. The van der Waals surface area contributed by atoms with Gasteiger partial charge in [0.2, 0.25) is 5.91 Å². The zero-order chi connectivity index (χ0) is 19.5. The molecule has 9 heteroatoms. The van der Waals surface area contributed by atoms with E-state index in [4.69, 9.17) is 4.74 Å². The molecular formula is C19H22FN5O3. The number of ether oxygens (including phenoxy) is 1. The van der Waals surface area contributed by atoms with Crippen LogP contribution >= 0.6 is 0 Å². The summed E-state index contributed by atoms with van der Waals surface area (Å²) in [6.45, 7) is 3.75. The number of halogens is 1. The third-order valence-electron chi connectivity index (χ3n) is 5.14. The van der Waals surface area contributed by atoms with E-state index in [1.807, 2.05) is 0 Å². The number of amides is 2. The maximum Gasteiger partial charge on any atom is 0.254 e. The molecule has 0 atom stereocenters. The average molecular weight is 387 g/mol. The molecule has 2 amide bonds. The summed E-state index contributed by atoms with van der Waals surface area (Å²) in [6.07, 6.45) is 0.830. The van der Waals surface area contributed by atoms with Crippen LogP contribution in [-0.4, -0.2) is 69.5 Å². The summed E-state index contributed by atoms with van der Waals surface area (Å²) < 4.78 is 20.5. The first kappa shape index (κ1) is 18.5. The molecule has 2 aliphatic rings. The summed E-state index contributed by atoms with van der Waals surface area (Å²) in [4.78, 5) is 28.5. The highest BCUT2D eigenvalue weighted by Gasteiger charge is 2.26. The molecule has 2 aromatic rings. The summed E-state index contributed by atoms with van der Waals surface area (Å²) in [6, 6.07) is 5.70. The molecule has 8 nitrogen and oxygen atoms in total. The van der Waals surface area contributed by atoms with Gasteiger partial charge in [-0.3, -0.25) is 9.59 Å². The van der Waals surface area contributed by atoms with Crippen molar-refractivity contribution in [2.24, 2.45) is 0 Å². The fourth-order valence-corrected chi connectivity index (χ4v) is 3.56. The van der Waals surface area contributed by atoms with Gasteiger partial charge in [-0.15, -0.1) is 5.10 Å². The Morgan fingerprint density at radius 1 is 1.11 bits per heavy atom. The molecule has 0 unspecified atom stereocenters. The number of benzene rings is 1. The van der Waals surface area contributed by atoms with Gasteiger partial charge in [-0.05, 0) is 18.2 Å². The van der Waals surface area contributed by atoms with Gasteiger partial charge in [0.15, 0.2) is 0 Å². The molecule has 2 aliphatic heterocycles. The number of aromatic nitrogens is 3. The first-order chi connectivity index (χ1) is 13.6. The zero-order valence-electron chi connectivity index (χ0n) is 15.5. The molecule has 28 heavy (non-hydrogen) atoms. The van der Waals surface area contributed by atoms with Gasteiger partial charge in [0.1, 0.15) is 5.82 Å². The summed E-state index contributed by atoms with van der Waals surface area (Å²) >= 11 is 0. The molecule has 0 bridgehead atoms. The molecule has 0 N–H and O–H groups in total. The van der Waals surface area contributed by atoms with Gasteiger partial charge in [-0.2, -0.15) is 0 Å². The summed E-state index contributed by atoms with van der Waals surface area (Å²) in [5, 5.41) is 8.37. The Hall–Kier alpha value is -2.81. The Morgan fingerprint density at radius 2 is 1.93 bits per heavy atom. The molecule has 3 heterocycles. The predicted molar refractivity (Wildman–Crippen MR) is 96.9 cm³/mol. The summed E-state index contributed by atoms with van der Waals surface area (Å²) in [7, 11) is 0. The first-order valence-corrected chi connectivity index (χ1v) is 9.43. The van der Waals surface area contributed by atoms with Crippen molar-refractivity contribution in [2.75, 3.05) is 32.8 Å². The van der Waals surface area contributed by atoms with Crippen molar-refractivity contribution in [3.8, 4) is 0 Å². The highest BCUT2D eigenvalue weighted by molar-refractivity contribution is 5.94. The maximum absolute atomic E-state index is 13.4. The van der Waals surface area contributed by atoms with Crippen LogP contribution in [0.5, 0.6) is 0 Å². The number of carbonyl (C=O) groups is 2. The summed E-state index contributed by atoms with van der Waals surface area (Å²) in [5.74, 6) is -0.576. The van der Waals surface area contributed by atoms with Gasteiger partial charge in [0, 0.05) is 38.0 Å². The topological polar surface area (TPSA) is 80.6 Å². The molecule has 1 saturated heterocycles. The second kappa shape index (κ2) is 8.05. The third-order valence-corrected chi connectivity index (χ3v) is 5.14. The lowest BCUT2D eigenvalue weighted by atomic mass is 10.1. The standard InChI is InChI=1S/C19H22FN5O3/c20-15-3-1-2-14(12-15)19(27)24-6-7-25-17(13-24)16(21-22-25)4-5-18(26)23-8-10-28-11-9-23/h1-3,12H,4-11,13H2. The van der Waals surface area contributed by atoms with E-state index >= 15 is 0 Å². The van der Waals surface area contributed by atoms with Crippen molar-refractivity contribution >= 4 is 11.8 Å². The van der Waals surface area contributed by atoms with E-state index < -0.39 is 5.82 Å². The van der Waals surface area contributed by atoms with E-state index in [1.54, 1.807) is 20.5 Å². The second-order valence-electron chi connectivity index (χ2n) is 6.94. The van der Waals surface area contributed by atoms with Gasteiger partial charge in [-0.1, -0.05) is 11.3 Å². The molecule has 0 saturated carbocycles. The minimum Gasteiger partial charge on any atom is -0.378 e. The molecule has 0 radical (unpaired) electrons. The van der Waals surface area contributed by atoms with E-state index in [0.717, 1.165) is 11.4 Å². The zero-order valence-corrected chi connectivity index (χ0v) is 15.5. The van der Waals surface area contributed by atoms with Crippen molar-refractivity contribution in [3.05, 3.63) is 47.0 Å². The van der Waals surface area contributed by atoms with Crippen LogP contribution in [0.3, 0.4) is 0 Å². The highest BCUT2D eigenvalue weighted by atomic mass is 19.1. The quantitative estimate of drug-likeness (QED) is 0.778. The van der Waals surface area contributed by atoms with Gasteiger partial charge in [0.05, 0.1) is 37.7 Å². The van der Waals surface area contributed by atoms with Crippen LogP contribution in [0.1, 0.15) is 28.2 Å². The van der Waals surface area contributed by atoms with Gasteiger partial charge < -0.3 is 14.5 Å². The van der Waals surface area contributed by atoms with Crippen molar-refractivity contribution < 1.29 is 18.7 Å². The van der Waals surface area contributed by atoms with Gasteiger partial charge >= 0.3 is 0 Å². The average Bonchev–Trinajstić information content (AvgIpc) is 3.14. The smallest absolute Gasteiger partial charge is 0.254 e. The molecule has 148 valence electrons. The Bertz CT molecular complexity index is 878. The number of rotatable bonds is 4. The lowest BCUT2D eigenvalue weighted by Gasteiger charge is -2.28. The van der Waals surface area contributed by atoms with Gasteiger partial charge in [0.25, 0.3) is 5.91 Å². The number of carbonyl (C=O) groups excluding carboxylic acids is 2. The number of morpholine rings is 1. The van der Waals surface area contributed by atoms with Crippen LogP contribution in [0.2, 0.25) is 0 Å². The number of aryl methyl sites for hydroxylation is 1. The Labute approximate surface area is 161 Å². The molecule has 0 spiro atoms.